The van der Waals surface area contributed by atoms with E-state index in [1.54, 1.807) is 0 Å². The predicted octanol–water partition coefficient (Wildman–Crippen LogP) is 3.60. The molecule has 0 aromatic carbocycles. The van der Waals surface area contributed by atoms with Gasteiger partial charge in [0.25, 0.3) is 0 Å². The Hall–Kier alpha value is 0.577. The average Bonchev–Trinajstić information content (AvgIpc) is 2.27. The fourth-order valence-corrected chi connectivity index (χ4v) is 4.89. The number of rotatable bonds is 10. The van der Waals surface area contributed by atoms with E-state index in [0.29, 0.717) is 24.6 Å². The van der Waals surface area contributed by atoms with Crippen molar-refractivity contribution in [1.82, 2.24) is 0 Å². The van der Waals surface area contributed by atoms with Crippen LogP contribution in [0.15, 0.2) is 0 Å². The van der Waals surface area contributed by atoms with Crippen molar-refractivity contribution in [3.63, 3.8) is 0 Å². The highest BCUT2D eigenvalue weighted by Gasteiger charge is 2.40. The number of hydrogen-bond acceptors (Lipinski definition) is 3. The summed E-state index contributed by atoms with van der Waals surface area (Å²) in [6.07, 6.45) is 2.16. The SMILES string of the molecule is CCO[Si](CCC(Br)CC)(OCC)OCC. The van der Waals surface area contributed by atoms with E-state index >= 15 is 0 Å². The molecule has 98 valence electrons. The summed E-state index contributed by atoms with van der Waals surface area (Å²) in [5, 5.41) is 0. The van der Waals surface area contributed by atoms with Crippen molar-refractivity contribution in [3.8, 4) is 0 Å². The molecule has 0 saturated carbocycles. The van der Waals surface area contributed by atoms with E-state index in [4.69, 9.17) is 13.3 Å². The molecule has 0 aromatic heterocycles. The Labute approximate surface area is 109 Å². The summed E-state index contributed by atoms with van der Waals surface area (Å²) in [4.78, 5) is 0.528. The van der Waals surface area contributed by atoms with E-state index in [-0.39, 0.29) is 0 Å². The van der Waals surface area contributed by atoms with Gasteiger partial charge in [-0.1, -0.05) is 22.9 Å². The normalized spacial score (nSPS) is 14.1. The van der Waals surface area contributed by atoms with Gasteiger partial charge in [-0.05, 0) is 33.6 Å². The molecule has 0 aliphatic carbocycles. The standard InChI is InChI=1S/C11H25BrO3Si/c1-5-11(12)9-10-16(13-6-2,14-7-3)15-8-4/h11H,5-10H2,1-4H3. The molecule has 0 amide bonds. The summed E-state index contributed by atoms with van der Waals surface area (Å²) in [5.74, 6) is 0. The van der Waals surface area contributed by atoms with E-state index in [0.717, 1.165) is 18.9 Å². The lowest BCUT2D eigenvalue weighted by atomic mass is 10.3. The van der Waals surface area contributed by atoms with Gasteiger partial charge in [0.1, 0.15) is 0 Å². The third-order valence-corrected chi connectivity index (χ3v) is 6.49. The molecule has 0 N–H and O–H groups in total. The Morgan fingerprint density at radius 2 is 1.38 bits per heavy atom. The minimum atomic E-state index is -2.40. The Morgan fingerprint density at radius 1 is 0.938 bits per heavy atom. The van der Waals surface area contributed by atoms with Gasteiger partial charge in [-0.2, -0.15) is 0 Å². The molecule has 5 heteroatoms. The van der Waals surface area contributed by atoms with Crippen LogP contribution >= 0.6 is 15.9 Å². The number of halogens is 1. The van der Waals surface area contributed by atoms with E-state index in [1.807, 2.05) is 20.8 Å². The summed E-state index contributed by atoms with van der Waals surface area (Å²) in [6.45, 7) is 10.1. The molecule has 0 fully saturated rings. The summed E-state index contributed by atoms with van der Waals surface area (Å²) in [7, 11) is -2.40. The number of alkyl halides is 1. The van der Waals surface area contributed by atoms with Crippen LogP contribution in [0, 0.1) is 0 Å². The zero-order chi connectivity index (χ0) is 12.4. The monoisotopic (exact) mass is 312 g/mol. The van der Waals surface area contributed by atoms with Gasteiger partial charge < -0.3 is 13.3 Å². The van der Waals surface area contributed by atoms with Crippen LogP contribution in [0.2, 0.25) is 6.04 Å². The molecule has 0 aromatic rings. The molecule has 0 rings (SSSR count). The smallest absolute Gasteiger partial charge is 0.374 e. The molecule has 0 aliphatic heterocycles. The van der Waals surface area contributed by atoms with Crippen molar-refractivity contribution in [3.05, 3.63) is 0 Å². The maximum absolute atomic E-state index is 5.78. The van der Waals surface area contributed by atoms with E-state index in [2.05, 4.69) is 22.9 Å². The summed E-state index contributed by atoms with van der Waals surface area (Å²) in [5.41, 5.74) is 0. The maximum atomic E-state index is 5.78. The van der Waals surface area contributed by atoms with Crippen LogP contribution in [0.4, 0.5) is 0 Å². The summed E-state index contributed by atoms with van der Waals surface area (Å²) >= 11 is 3.64. The van der Waals surface area contributed by atoms with Crippen molar-refractivity contribution in [1.29, 1.82) is 0 Å². The largest absolute Gasteiger partial charge is 0.500 e. The molecule has 0 heterocycles. The van der Waals surface area contributed by atoms with Crippen LogP contribution in [0.3, 0.4) is 0 Å². The van der Waals surface area contributed by atoms with E-state index in [1.165, 1.54) is 0 Å². The highest BCUT2D eigenvalue weighted by atomic mass is 79.9. The van der Waals surface area contributed by atoms with Gasteiger partial charge in [0.2, 0.25) is 0 Å². The zero-order valence-corrected chi connectivity index (χ0v) is 13.5. The van der Waals surface area contributed by atoms with Crippen molar-refractivity contribution in [2.24, 2.45) is 0 Å². The first kappa shape index (κ1) is 16.6. The zero-order valence-electron chi connectivity index (χ0n) is 10.9. The molecule has 1 atom stereocenters. The maximum Gasteiger partial charge on any atom is 0.500 e. The first-order valence-corrected chi connectivity index (χ1v) is 9.04. The lowest BCUT2D eigenvalue weighted by Gasteiger charge is -2.29. The molecule has 0 bridgehead atoms. The molecule has 0 spiro atoms. The van der Waals surface area contributed by atoms with Crippen LogP contribution in [-0.2, 0) is 13.3 Å². The fraction of sp³-hybridized carbons (Fsp3) is 1.00. The Morgan fingerprint density at radius 3 is 1.69 bits per heavy atom. The van der Waals surface area contributed by atoms with Crippen molar-refractivity contribution < 1.29 is 13.3 Å². The van der Waals surface area contributed by atoms with E-state index in [9.17, 15) is 0 Å². The van der Waals surface area contributed by atoms with Gasteiger partial charge in [0.15, 0.2) is 0 Å². The van der Waals surface area contributed by atoms with Gasteiger partial charge in [-0.15, -0.1) is 0 Å². The van der Waals surface area contributed by atoms with Crippen molar-refractivity contribution in [2.75, 3.05) is 19.8 Å². The fourth-order valence-electron chi connectivity index (χ4n) is 1.54. The van der Waals surface area contributed by atoms with Crippen LogP contribution in [0.1, 0.15) is 40.5 Å². The highest BCUT2D eigenvalue weighted by Crippen LogP contribution is 2.22. The van der Waals surface area contributed by atoms with Gasteiger partial charge in [-0.3, -0.25) is 0 Å². The second-order valence-corrected chi connectivity index (χ2v) is 7.55. The predicted molar refractivity (Wildman–Crippen MR) is 73.1 cm³/mol. The molecule has 0 aliphatic rings. The van der Waals surface area contributed by atoms with Crippen molar-refractivity contribution >= 4 is 24.7 Å². The van der Waals surface area contributed by atoms with E-state index < -0.39 is 8.80 Å². The van der Waals surface area contributed by atoms with Crippen molar-refractivity contribution in [2.45, 2.75) is 51.4 Å². The molecule has 16 heavy (non-hydrogen) atoms. The Kier molecular flexibility index (Phi) is 9.94. The van der Waals surface area contributed by atoms with Gasteiger partial charge in [0.05, 0.1) is 0 Å². The summed E-state index contributed by atoms with van der Waals surface area (Å²) < 4.78 is 17.3. The lowest BCUT2D eigenvalue weighted by Crippen LogP contribution is -2.46. The number of hydrogen-bond donors (Lipinski definition) is 0. The second-order valence-electron chi connectivity index (χ2n) is 3.53. The highest BCUT2D eigenvalue weighted by molar-refractivity contribution is 9.09. The molecule has 3 nitrogen and oxygen atoms in total. The molecule has 0 radical (unpaired) electrons. The topological polar surface area (TPSA) is 27.7 Å². The van der Waals surface area contributed by atoms with Gasteiger partial charge >= 0.3 is 8.80 Å². The molecular weight excluding hydrogens is 288 g/mol. The average molecular weight is 313 g/mol. The quantitative estimate of drug-likeness (QED) is 0.455. The molecule has 1 unspecified atom stereocenters. The van der Waals surface area contributed by atoms with Gasteiger partial charge in [-0.25, -0.2) is 0 Å². The molecule has 0 saturated heterocycles. The minimum absolute atomic E-state index is 0.528. The third kappa shape index (κ3) is 6.35. The van der Waals surface area contributed by atoms with Crippen LogP contribution in [0.5, 0.6) is 0 Å². The third-order valence-electron chi connectivity index (χ3n) is 2.30. The van der Waals surface area contributed by atoms with Crippen LogP contribution in [-0.4, -0.2) is 33.5 Å². The Balaban J connectivity index is 4.34. The minimum Gasteiger partial charge on any atom is -0.374 e. The van der Waals surface area contributed by atoms with Crippen LogP contribution in [0.25, 0.3) is 0 Å². The first-order chi connectivity index (χ1) is 7.64. The summed E-state index contributed by atoms with van der Waals surface area (Å²) in [6, 6.07) is 0.895. The van der Waals surface area contributed by atoms with Gasteiger partial charge in [0, 0.05) is 30.7 Å². The second kappa shape index (κ2) is 9.59. The molecular formula is C11H25BrO3Si. The first-order valence-electron chi connectivity index (χ1n) is 6.20. The Bertz CT molecular complexity index is 152. The van der Waals surface area contributed by atoms with Crippen LogP contribution < -0.4 is 0 Å². The lowest BCUT2D eigenvalue weighted by molar-refractivity contribution is 0.0708.